The van der Waals surface area contributed by atoms with E-state index in [1.54, 1.807) is 35.3 Å². The molecule has 56 heavy (non-hydrogen) atoms. The highest BCUT2D eigenvalue weighted by Crippen LogP contribution is 2.25. The van der Waals surface area contributed by atoms with Crippen molar-refractivity contribution in [2.75, 3.05) is 81.3 Å². The highest BCUT2D eigenvalue weighted by atomic mass is 32.2. The first-order valence-electron chi connectivity index (χ1n) is 16.5. The summed E-state index contributed by atoms with van der Waals surface area (Å²) in [6.45, 7) is 5.21. The minimum atomic E-state index is -0.317. The van der Waals surface area contributed by atoms with E-state index in [0.29, 0.717) is 17.9 Å². The van der Waals surface area contributed by atoms with Crippen molar-refractivity contribution in [3.8, 4) is 0 Å². The van der Waals surface area contributed by atoms with Gasteiger partial charge in [0.2, 0.25) is 11.8 Å². The minimum Gasteiger partial charge on any atom is -0.469 e. The van der Waals surface area contributed by atoms with Gasteiger partial charge in [-0.25, -0.2) is 0 Å². The molecule has 1 unspecified atom stereocenters. The molecule has 0 aromatic heterocycles. The van der Waals surface area contributed by atoms with Gasteiger partial charge in [0.15, 0.2) is 5.78 Å². The third kappa shape index (κ3) is 64.8. The van der Waals surface area contributed by atoms with Crippen molar-refractivity contribution in [2.24, 2.45) is 0 Å². The van der Waals surface area contributed by atoms with Crippen LogP contribution in [0.4, 0.5) is 0 Å². The van der Waals surface area contributed by atoms with Gasteiger partial charge in [-0.3, -0.25) is 24.0 Å². The van der Waals surface area contributed by atoms with Crippen LogP contribution in [0.15, 0.2) is 30.3 Å². The second kappa shape index (κ2) is 60.5. The van der Waals surface area contributed by atoms with E-state index >= 15 is 0 Å². The molecule has 2 amide bonds. The fourth-order valence-electron chi connectivity index (χ4n) is 3.51. The molecule has 2 N–H and O–H groups in total. The third-order valence-electron chi connectivity index (χ3n) is 6.15. The molecule has 9 nitrogen and oxygen atoms in total. The number of Topliss-reactive ketones (excluding diaryl/α,β-unsaturated/α-hetero) is 1. The summed E-state index contributed by atoms with van der Waals surface area (Å²) in [5, 5.41) is 6.26. The first kappa shape index (κ1) is 75.7. The van der Waals surface area contributed by atoms with Crippen molar-refractivity contribution in [1.29, 1.82) is 0 Å². The monoisotopic (exact) mass is 910 g/mol. The zero-order chi connectivity index (χ0) is 39.7. The van der Waals surface area contributed by atoms with Crippen LogP contribution in [0.2, 0.25) is 0 Å². The lowest BCUT2D eigenvalue weighted by Gasteiger charge is -2.18. The Morgan fingerprint density at radius 3 is 1.52 bits per heavy atom. The van der Waals surface area contributed by atoms with Gasteiger partial charge in [-0.2, -0.15) is 70.6 Å². The van der Waals surface area contributed by atoms with Gasteiger partial charge >= 0.3 is 11.9 Å². The lowest BCUT2D eigenvalue weighted by Crippen LogP contribution is -2.40. The van der Waals surface area contributed by atoms with Gasteiger partial charge in [0.1, 0.15) is 0 Å². The maximum Gasteiger partial charge on any atom is 0.315 e. The number of amides is 2. The summed E-state index contributed by atoms with van der Waals surface area (Å²) in [6.07, 6.45) is 20.0. The molecule has 338 valence electrons. The van der Waals surface area contributed by atoms with Gasteiger partial charge in [0.25, 0.3) is 0 Å². The van der Waals surface area contributed by atoms with Crippen molar-refractivity contribution in [1.82, 2.24) is 10.6 Å². The number of hydrogen-bond acceptors (Lipinski definition) is 13. The van der Waals surface area contributed by atoms with Gasteiger partial charge < -0.3 is 20.1 Å². The Kier molecular flexibility index (Phi) is 81.8. The van der Waals surface area contributed by atoms with Crippen molar-refractivity contribution >= 4 is 100 Å². The molecule has 0 saturated heterocycles. The van der Waals surface area contributed by atoms with E-state index in [2.05, 4.69) is 56.9 Å². The molecule has 1 fully saturated rings. The number of hydrogen-bond donors (Lipinski definition) is 2. The third-order valence-corrected chi connectivity index (χ3v) is 10.3. The van der Waals surface area contributed by atoms with Gasteiger partial charge in [0.05, 0.1) is 32.4 Å². The van der Waals surface area contributed by atoms with Gasteiger partial charge in [-0.05, 0) is 62.9 Å². The van der Waals surface area contributed by atoms with E-state index in [9.17, 15) is 24.0 Å². The maximum absolute atomic E-state index is 10.8. The van der Waals surface area contributed by atoms with E-state index in [0.717, 1.165) is 29.1 Å². The van der Waals surface area contributed by atoms with Gasteiger partial charge in [-0.1, -0.05) is 86.7 Å². The summed E-state index contributed by atoms with van der Waals surface area (Å²) in [4.78, 5) is 52.1. The first-order valence-corrected chi connectivity index (χ1v) is 24.8. The van der Waals surface area contributed by atoms with Crippen molar-refractivity contribution in [3.63, 3.8) is 0 Å². The normalized spacial score (nSPS) is 10.8. The summed E-state index contributed by atoms with van der Waals surface area (Å²) < 4.78 is 8.73. The molecular weight excluding hydrogens is 825 g/mol. The number of esters is 2. The Morgan fingerprint density at radius 2 is 1.20 bits per heavy atom. The van der Waals surface area contributed by atoms with E-state index in [1.165, 1.54) is 84.4 Å². The SMILES string of the molecule is C.C.C.C.C.COC(=O)CCSC.COC(=O)CSC.CSC1CCCCC1.CSCC(NC(C)=O)C(C)=O.CSCCNC(C)=O.CSCc1ccccc1. The minimum absolute atomic E-state index is 0. The number of ketones is 1. The Labute approximate surface area is 372 Å². The smallest absolute Gasteiger partial charge is 0.315 e. The van der Waals surface area contributed by atoms with Gasteiger partial charge in [-0.15, -0.1) is 0 Å². The molecule has 0 bridgehead atoms. The topological polar surface area (TPSA) is 128 Å². The number of carbonyl (C=O) groups excluding carboxylic acids is 5. The van der Waals surface area contributed by atoms with Gasteiger partial charge in [0, 0.05) is 48.7 Å². The van der Waals surface area contributed by atoms with Crippen LogP contribution in [0.1, 0.15) is 102 Å². The molecule has 2 rings (SSSR count). The summed E-state index contributed by atoms with van der Waals surface area (Å²) >= 11 is 10.3. The Bertz CT molecular complexity index is 975. The molecule has 1 aliphatic rings. The second-order valence-electron chi connectivity index (χ2n) is 10.5. The molecule has 1 aliphatic carbocycles. The number of benzene rings is 1. The molecule has 15 heteroatoms. The highest BCUT2D eigenvalue weighted by Gasteiger charge is 2.13. The van der Waals surface area contributed by atoms with E-state index in [4.69, 9.17) is 0 Å². The maximum atomic E-state index is 10.8. The van der Waals surface area contributed by atoms with Crippen LogP contribution in [-0.4, -0.2) is 122 Å². The molecule has 0 aliphatic heterocycles. The lowest BCUT2D eigenvalue weighted by atomic mass is 10.0. The predicted octanol–water partition coefficient (Wildman–Crippen LogP) is 10.8. The summed E-state index contributed by atoms with van der Waals surface area (Å²) in [7, 11) is 2.79. The number of methoxy groups -OCH3 is 2. The standard InChI is InChI=1S/C8H10S.C7H13NO2S.C7H14S.C5H11NOS.C5H10O2S.C4H8O2S.5CH4/c1-9-7-8-5-3-2-4-6-8;1-5(9)7(4-11-3)8-6(2)10;1-8-7-5-3-2-4-6-7;1-5(7)6-3-4-8-2;1-7-5(6)3-4-8-2;1-6-4(5)3-7-2;;;;;/h2-6H,7H2,1H3;7H,4H2,1-3H3,(H,8,10);7H,2-6H2,1H3;3-4H2,1-2H3,(H,6,7);3-4H2,1-2H3;3H2,1-2H3;5*1H4. The first-order chi connectivity index (χ1) is 24.3. The highest BCUT2D eigenvalue weighted by molar-refractivity contribution is 7.99. The average molecular weight is 912 g/mol. The fourth-order valence-corrected chi connectivity index (χ4v) is 6.52. The summed E-state index contributed by atoms with van der Waals surface area (Å²) in [5.74, 6) is 3.71. The molecule has 0 heterocycles. The van der Waals surface area contributed by atoms with Crippen LogP contribution in [0.25, 0.3) is 0 Å². The molecule has 0 spiro atoms. The van der Waals surface area contributed by atoms with Crippen LogP contribution in [-0.2, 0) is 39.2 Å². The number of carbonyl (C=O) groups is 5. The fraction of sp³-hybridized carbons (Fsp3) is 0.732. The molecular formula is C41H86N2O7S6. The van der Waals surface area contributed by atoms with Crippen LogP contribution in [0.3, 0.4) is 0 Å². The molecule has 0 radical (unpaired) electrons. The quantitative estimate of drug-likeness (QED) is 0.128. The summed E-state index contributed by atoms with van der Waals surface area (Å²) in [5.41, 5.74) is 1.41. The number of rotatable bonds is 15. The van der Waals surface area contributed by atoms with Crippen LogP contribution in [0, 0.1) is 0 Å². The number of thioether (sulfide) groups is 6. The molecule has 1 atom stereocenters. The Balaban J connectivity index is -0.0000000668. The van der Waals surface area contributed by atoms with E-state index in [-0.39, 0.29) is 72.7 Å². The van der Waals surface area contributed by atoms with Crippen molar-refractivity contribution in [2.45, 2.75) is 113 Å². The second-order valence-corrected chi connectivity index (χ2v) is 16.3. The largest absolute Gasteiger partial charge is 0.469 e. The average Bonchev–Trinajstić information content (AvgIpc) is 3.12. The summed E-state index contributed by atoms with van der Waals surface area (Å²) in [6, 6.07) is 10.2. The van der Waals surface area contributed by atoms with E-state index in [1.807, 2.05) is 54.6 Å². The zero-order valence-electron chi connectivity index (χ0n) is 32.8. The Hall–Kier alpha value is -1.13. The molecule has 1 aromatic rings. The van der Waals surface area contributed by atoms with Crippen molar-refractivity contribution in [3.05, 3.63) is 35.9 Å². The van der Waals surface area contributed by atoms with Crippen LogP contribution in [0.5, 0.6) is 0 Å². The van der Waals surface area contributed by atoms with Crippen LogP contribution >= 0.6 is 70.6 Å². The van der Waals surface area contributed by atoms with Crippen LogP contribution < -0.4 is 10.6 Å². The Morgan fingerprint density at radius 1 is 0.679 bits per heavy atom. The zero-order valence-corrected chi connectivity index (χ0v) is 37.7. The predicted molar refractivity (Wildman–Crippen MR) is 267 cm³/mol. The molecule has 1 saturated carbocycles. The molecule has 1 aromatic carbocycles. The van der Waals surface area contributed by atoms with Crippen molar-refractivity contribution < 1.29 is 33.4 Å². The number of ether oxygens (including phenoxy) is 2. The van der Waals surface area contributed by atoms with E-state index < -0.39 is 0 Å². The number of nitrogens with one attached hydrogen (secondary N) is 2. The lowest BCUT2D eigenvalue weighted by molar-refractivity contribution is -0.140.